The van der Waals surface area contributed by atoms with Gasteiger partial charge in [-0.1, -0.05) is 12.8 Å². The van der Waals surface area contributed by atoms with E-state index >= 15 is 0 Å². The summed E-state index contributed by atoms with van der Waals surface area (Å²) in [6, 6.07) is 4.86. The van der Waals surface area contributed by atoms with Crippen molar-refractivity contribution in [2.24, 2.45) is 17.8 Å². The predicted octanol–water partition coefficient (Wildman–Crippen LogP) is 4.09. The number of benzene rings is 1. The third-order valence-corrected chi connectivity index (χ3v) is 6.31. The number of carbonyl (C=O) groups excluding carboxylic acids is 1. The van der Waals surface area contributed by atoms with Crippen molar-refractivity contribution in [1.82, 2.24) is 0 Å². The monoisotopic (exact) mass is 305 g/mol. The SMILES string of the molecule is O=C(C1CCCC2CC21)N1CCCSc2ccc(F)cc21. The van der Waals surface area contributed by atoms with Gasteiger partial charge in [0, 0.05) is 17.4 Å². The molecule has 3 atom stereocenters. The molecular formula is C17H20FNOS. The van der Waals surface area contributed by atoms with Gasteiger partial charge in [0.15, 0.2) is 0 Å². The molecule has 3 unspecified atom stereocenters. The van der Waals surface area contributed by atoms with Gasteiger partial charge in [-0.3, -0.25) is 4.79 Å². The Balaban J connectivity index is 1.64. The number of hydrogen-bond acceptors (Lipinski definition) is 2. The molecule has 112 valence electrons. The Labute approximate surface area is 129 Å². The minimum Gasteiger partial charge on any atom is -0.311 e. The highest BCUT2D eigenvalue weighted by atomic mass is 32.2. The van der Waals surface area contributed by atoms with Crippen molar-refractivity contribution in [3.8, 4) is 0 Å². The van der Waals surface area contributed by atoms with Crippen LogP contribution in [0.3, 0.4) is 0 Å². The van der Waals surface area contributed by atoms with E-state index in [-0.39, 0.29) is 17.6 Å². The third kappa shape index (κ3) is 2.48. The zero-order valence-electron chi connectivity index (χ0n) is 12.1. The van der Waals surface area contributed by atoms with Crippen molar-refractivity contribution in [2.45, 2.75) is 37.0 Å². The van der Waals surface area contributed by atoms with Crippen LogP contribution < -0.4 is 4.90 Å². The van der Waals surface area contributed by atoms with Crippen molar-refractivity contribution < 1.29 is 9.18 Å². The molecule has 0 saturated heterocycles. The van der Waals surface area contributed by atoms with Crippen LogP contribution in [0.5, 0.6) is 0 Å². The first-order valence-corrected chi connectivity index (χ1v) is 8.96. The Bertz CT molecular complexity index is 576. The van der Waals surface area contributed by atoms with Crippen molar-refractivity contribution >= 4 is 23.4 Å². The fourth-order valence-electron chi connectivity index (χ4n) is 3.99. The summed E-state index contributed by atoms with van der Waals surface area (Å²) in [5.41, 5.74) is 0.797. The van der Waals surface area contributed by atoms with Crippen LogP contribution in [-0.4, -0.2) is 18.2 Å². The van der Waals surface area contributed by atoms with Gasteiger partial charge < -0.3 is 4.90 Å². The van der Waals surface area contributed by atoms with Crippen LogP contribution in [-0.2, 0) is 4.79 Å². The molecule has 2 nitrogen and oxygen atoms in total. The second-order valence-corrected chi connectivity index (χ2v) is 7.64. The van der Waals surface area contributed by atoms with Crippen LogP contribution >= 0.6 is 11.8 Å². The van der Waals surface area contributed by atoms with Gasteiger partial charge in [0.2, 0.25) is 5.91 Å². The number of amides is 1. The van der Waals surface area contributed by atoms with Gasteiger partial charge >= 0.3 is 0 Å². The van der Waals surface area contributed by atoms with Gasteiger partial charge in [-0.15, -0.1) is 11.8 Å². The number of hydrogen-bond donors (Lipinski definition) is 0. The van der Waals surface area contributed by atoms with Crippen molar-refractivity contribution in [3.63, 3.8) is 0 Å². The molecule has 2 saturated carbocycles. The smallest absolute Gasteiger partial charge is 0.230 e. The highest BCUT2D eigenvalue weighted by Gasteiger charge is 2.49. The van der Waals surface area contributed by atoms with Crippen LogP contribution in [0.25, 0.3) is 0 Å². The molecule has 1 aromatic carbocycles. The van der Waals surface area contributed by atoms with Crippen LogP contribution in [0.1, 0.15) is 32.1 Å². The minimum absolute atomic E-state index is 0.183. The minimum atomic E-state index is -0.248. The number of carbonyl (C=O) groups is 1. The average Bonchev–Trinajstić information content (AvgIpc) is 3.28. The molecule has 0 aromatic heterocycles. The van der Waals surface area contributed by atoms with Gasteiger partial charge in [-0.05, 0) is 55.1 Å². The quantitative estimate of drug-likeness (QED) is 0.779. The van der Waals surface area contributed by atoms with Crippen molar-refractivity contribution in [2.75, 3.05) is 17.2 Å². The normalized spacial score (nSPS) is 31.1. The van der Waals surface area contributed by atoms with E-state index in [1.165, 1.54) is 25.3 Å². The third-order valence-electron chi connectivity index (χ3n) is 5.16. The molecular weight excluding hydrogens is 285 g/mol. The molecule has 1 aliphatic heterocycles. The van der Waals surface area contributed by atoms with Crippen LogP contribution in [0.15, 0.2) is 23.1 Å². The maximum absolute atomic E-state index is 13.6. The molecule has 2 fully saturated rings. The molecule has 1 amide bonds. The van der Waals surface area contributed by atoms with Crippen LogP contribution in [0, 0.1) is 23.6 Å². The Morgan fingerprint density at radius 2 is 2.19 bits per heavy atom. The second kappa shape index (κ2) is 5.31. The van der Waals surface area contributed by atoms with Crippen molar-refractivity contribution in [1.29, 1.82) is 0 Å². The standard InChI is InChI=1S/C17H20FNOS/c18-12-5-6-16-15(10-12)19(7-2-8-21-16)17(20)13-4-1-3-11-9-14(11)13/h5-6,10-11,13-14H,1-4,7-9H2. The van der Waals surface area contributed by atoms with Gasteiger partial charge in [-0.25, -0.2) is 4.39 Å². The van der Waals surface area contributed by atoms with E-state index in [9.17, 15) is 9.18 Å². The molecule has 0 N–H and O–H groups in total. The molecule has 1 aromatic rings. The number of thioether (sulfide) groups is 1. The summed E-state index contributed by atoms with van der Waals surface area (Å²) in [4.78, 5) is 15.9. The van der Waals surface area contributed by atoms with E-state index in [1.807, 2.05) is 11.0 Å². The zero-order valence-corrected chi connectivity index (χ0v) is 12.9. The van der Waals surface area contributed by atoms with Gasteiger partial charge in [0.25, 0.3) is 0 Å². The second-order valence-electron chi connectivity index (χ2n) is 6.50. The number of anilines is 1. The fourth-order valence-corrected chi connectivity index (χ4v) is 4.97. The topological polar surface area (TPSA) is 20.3 Å². The summed E-state index contributed by atoms with van der Waals surface area (Å²) in [5.74, 6) is 2.58. The van der Waals surface area contributed by atoms with E-state index in [1.54, 1.807) is 17.8 Å². The molecule has 21 heavy (non-hydrogen) atoms. The molecule has 0 spiro atoms. The van der Waals surface area contributed by atoms with Crippen molar-refractivity contribution in [3.05, 3.63) is 24.0 Å². The molecule has 1 heterocycles. The zero-order chi connectivity index (χ0) is 14.4. The Morgan fingerprint density at radius 1 is 1.29 bits per heavy atom. The lowest BCUT2D eigenvalue weighted by atomic mass is 9.88. The molecule has 2 aliphatic carbocycles. The first-order valence-electron chi connectivity index (χ1n) is 7.98. The Morgan fingerprint density at radius 3 is 3.10 bits per heavy atom. The Kier molecular flexibility index (Phi) is 3.44. The van der Waals surface area contributed by atoms with Gasteiger partial charge in [-0.2, -0.15) is 0 Å². The van der Waals surface area contributed by atoms with E-state index in [0.717, 1.165) is 41.6 Å². The maximum Gasteiger partial charge on any atom is 0.230 e. The molecule has 3 aliphatic rings. The van der Waals surface area contributed by atoms with E-state index in [0.29, 0.717) is 5.92 Å². The lowest BCUT2D eigenvalue weighted by Gasteiger charge is -2.29. The Hall–Kier alpha value is -1.03. The summed E-state index contributed by atoms with van der Waals surface area (Å²) in [6.45, 7) is 0.732. The summed E-state index contributed by atoms with van der Waals surface area (Å²) in [5, 5.41) is 0. The number of nitrogens with zero attached hydrogens (tertiary/aromatic N) is 1. The van der Waals surface area contributed by atoms with Gasteiger partial charge in [0.05, 0.1) is 5.69 Å². The van der Waals surface area contributed by atoms with Crippen LogP contribution in [0.4, 0.5) is 10.1 Å². The number of rotatable bonds is 1. The highest BCUT2D eigenvalue weighted by molar-refractivity contribution is 7.99. The summed E-state index contributed by atoms with van der Waals surface area (Å²) in [7, 11) is 0. The van der Waals surface area contributed by atoms with Crippen LogP contribution in [0.2, 0.25) is 0 Å². The summed E-state index contributed by atoms with van der Waals surface area (Å²) in [6.07, 6.45) is 5.71. The predicted molar refractivity (Wildman–Crippen MR) is 83.0 cm³/mol. The lowest BCUT2D eigenvalue weighted by Crippen LogP contribution is -2.39. The molecule has 0 radical (unpaired) electrons. The van der Waals surface area contributed by atoms with E-state index < -0.39 is 0 Å². The molecule has 4 heteroatoms. The fraction of sp³-hybridized carbons (Fsp3) is 0.588. The first kappa shape index (κ1) is 13.6. The molecule has 0 bridgehead atoms. The average molecular weight is 305 g/mol. The van der Waals surface area contributed by atoms with E-state index in [2.05, 4.69) is 0 Å². The maximum atomic E-state index is 13.6. The van der Waals surface area contributed by atoms with Gasteiger partial charge in [0.1, 0.15) is 5.82 Å². The lowest BCUT2D eigenvalue weighted by molar-refractivity contribution is -0.123. The van der Waals surface area contributed by atoms with E-state index in [4.69, 9.17) is 0 Å². The summed E-state index contributed by atoms with van der Waals surface area (Å²) < 4.78 is 13.6. The number of halogens is 1. The first-order chi connectivity index (χ1) is 10.2. The highest BCUT2D eigenvalue weighted by Crippen LogP contribution is 2.53. The molecule has 4 rings (SSSR count). The summed E-state index contributed by atoms with van der Waals surface area (Å²) >= 11 is 1.74. The largest absolute Gasteiger partial charge is 0.311 e. The number of fused-ring (bicyclic) bond motifs is 2.